The highest BCUT2D eigenvalue weighted by Crippen LogP contribution is 2.33. The highest BCUT2D eigenvalue weighted by molar-refractivity contribution is 7.80. The fourth-order valence-electron chi connectivity index (χ4n) is 1.29. The van der Waals surface area contributed by atoms with Gasteiger partial charge in [-0.25, -0.2) is 4.68 Å². The number of hydrogen-bond donors (Lipinski definition) is 1. The summed E-state index contributed by atoms with van der Waals surface area (Å²) in [4.78, 5) is 0.626. The van der Waals surface area contributed by atoms with Crippen LogP contribution in [0.3, 0.4) is 0 Å². The molecule has 0 aliphatic carbocycles. The van der Waals surface area contributed by atoms with Crippen molar-refractivity contribution in [2.75, 3.05) is 0 Å². The number of rotatable bonds is 1. The number of thiocarbonyl (C=S) groups is 1. The van der Waals surface area contributed by atoms with Crippen LogP contribution in [0.2, 0.25) is 0 Å². The molecule has 0 radical (unpaired) electrons. The number of halogens is 3. The lowest BCUT2D eigenvalue weighted by Gasteiger charge is -2.02. The molecule has 0 atom stereocenters. The first-order valence-electron chi connectivity index (χ1n) is 4.40. The van der Waals surface area contributed by atoms with E-state index in [2.05, 4.69) is 17.3 Å². The van der Waals surface area contributed by atoms with Gasteiger partial charge in [0.2, 0.25) is 0 Å². The Kier molecular flexibility index (Phi) is 2.92. The van der Waals surface area contributed by atoms with E-state index in [0.29, 0.717) is 4.88 Å². The van der Waals surface area contributed by atoms with Gasteiger partial charge < -0.3 is 5.73 Å². The highest BCUT2D eigenvalue weighted by Gasteiger charge is 2.35. The minimum atomic E-state index is -4.51. The zero-order valence-electron chi connectivity index (χ0n) is 8.23. The normalized spacial score (nSPS) is 11.7. The Morgan fingerprint density at radius 1 is 1.47 bits per heavy atom. The Hall–Kier alpha value is -1.41. The molecule has 2 rings (SSSR count). The van der Waals surface area contributed by atoms with Crippen LogP contribution in [0, 0.1) is 0 Å². The molecule has 2 heterocycles. The molecule has 2 N–H and O–H groups in total. The van der Waals surface area contributed by atoms with Crippen LogP contribution in [0.4, 0.5) is 13.2 Å². The smallest absolute Gasteiger partial charge is 0.374 e. The van der Waals surface area contributed by atoms with Crippen LogP contribution in [0.25, 0.3) is 10.6 Å². The van der Waals surface area contributed by atoms with Crippen LogP contribution in [0.1, 0.15) is 5.69 Å². The first-order valence-corrected chi connectivity index (χ1v) is 5.69. The maximum atomic E-state index is 12.5. The minimum absolute atomic E-state index is 0.219. The number of thiophene rings is 1. The van der Waals surface area contributed by atoms with Crippen LogP contribution in [0.5, 0.6) is 0 Å². The summed E-state index contributed by atoms with van der Waals surface area (Å²) in [5, 5.41) is 4.90. The van der Waals surface area contributed by atoms with E-state index in [0.717, 1.165) is 10.7 Å². The first kappa shape index (κ1) is 12.1. The second-order valence-electron chi connectivity index (χ2n) is 3.14. The maximum Gasteiger partial charge on any atom is 0.435 e. The molecular formula is C9H6F3N3S2. The summed E-state index contributed by atoms with van der Waals surface area (Å²) in [5.41, 5.74) is 4.59. The molecule has 0 aliphatic rings. The van der Waals surface area contributed by atoms with Crippen LogP contribution < -0.4 is 5.73 Å². The topological polar surface area (TPSA) is 43.8 Å². The number of aromatic nitrogens is 2. The third kappa shape index (κ3) is 2.32. The van der Waals surface area contributed by atoms with Gasteiger partial charge in [0.15, 0.2) is 10.8 Å². The summed E-state index contributed by atoms with van der Waals surface area (Å²) in [7, 11) is 0. The molecule has 0 saturated heterocycles. The van der Waals surface area contributed by atoms with E-state index < -0.39 is 11.9 Å². The van der Waals surface area contributed by atoms with Gasteiger partial charge in [0.1, 0.15) is 0 Å². The Labute approximate surface area is 104 Å². The van der Waals surface area contributed by atoms with Crippen LogP contribution in [-0.2, 0) is 6.18 Å². The van der Waals surface area contributed by atoms with Gasteiger partial charge in [0.25, 0.3) is 0 Å². The summed E-state index contributed by atoms with van der Waals surface area (Å²) < 4.78 is 38.5. The molecule has 90 valence electrons. The SMILES string of the molecule is NC(=S)n1nc(C(F)(F)F)cc1-c1cccs1. The lowest BCUT2D eigenvalue weighted by Crippen LogP contribution is -2.22. The van der Waals surface area contributed by atoms with Crippen molar-refractivity contribution in [1.82, 2.24) is 9.78 Å². The van der Waals surface area contributed by atoms with Gasteiger partial charge in [-0.05, 0) is 29.7 Å². The average Bonchev–Trinajstić information content (AvgIpc) is 2.85. The molecule has 0 amide bonds. The van der Waals surface area contributed by atoms with Crippen LogP contribution in [0.15, 0.2) is 23.6 Å². The van der Waals surface area contributed by atoms with E-state index >= 15 is 0 Å². The van der Waals surface area contributed by atoms with Crippen molar-refractivity contribution in [2.45, 2.75) is 6.18 Å². The van der Waals surface area contributed by atoms with Crippen molar-refractivity contribution < 1.29 is 13.2 Å². The summed E-state index contributed by atoms with van der Waals surface area (Å²) in [5.74, 6) is 0. The molecule has 0 spiro atoms. The van der Waals surface area contributed by atoms with Crippen molar-refractivity contribution in [1.29, 1.82) is 0 Å². The fourth-order valence-corrected chi connectivity index (χ4v) is 2.15. The summed E-state index contributed by atoms with van der Waals surface area (Å²) in [6.45, 7) is 0. The van der Waals surface area contributed by atoms with Crippen molar-refractivity contribution in [3.63, 3.8) is 0 Å². The van der Waals surface area contributed by atoms with Crippen molar-refractivity contribution in [3.8, 4) is 10.6 Å². The quantitative estimate of drug-likeness (QED) is 0.815. The monoisotopic (exact) mass is 277 g/mol. The molecule has 0 fully saturated rings. The minimum Gasteiger partial charge on any atom is -0.374 e. The van der Waals surface area contributed by atoms with Gasteiger partial charge in [-0.15, -0.1) is 11.3 Å². The molecular weight excluding hydrogens is 271 g/mol. The lowest BCUT2D eigenvalue weighted by atomic mass is 10.3. The fraction of sp³-hybridized carbons (Fsp3) is 0.111. The third-order valence-corrected chi connectivity index (χ3v) is 3.05. The molecule has 0 aliphatic heterocycles. The molecule has 3 nitrogen and oxygen atoms in total. The molecule has 17 heavy (non-hydrogen) atoms. The third-order valence-electron chi connectivity index (χ3n) is 1.98. The summed E-state index contributed by atoms with van der Waals surface area (Å²) in [6.07, 6.45) is -4.51. The Morgan fingerprint density at radius 3 is 2.65 bits per heavy atom. The second kappa shape index (κ2) is 4.11. The first-order chi connectivity index (χ1) is 7.89. The van der Waals surface area contributed by atoms with Gasteiger partial charge in [-0.2, -0.15) is 18.3 Å². The van der Waals surface area contributed by atoms with Gasteiger partial charge in [-0.1, -0.05) is 6.07 Å². The van der Waals surface area contributed by atoms with E-state index in [1.54, 1.807) is 17.5 Å². The summed E-state index contributed by atoms with van der Waals surface area (Å²) in [6, 6.07) is 4.34. The van der Waals surface area contributed by atoms with Crippen LogP contribution >= 0.6 is 23.6 Å². The number of alkyl halides is 3. The molecule has 0 aromatic carbocycles. The largest absolute Gasteiger partial charge is 0.435 e. The van der Waals surface area contributed by atoms with E-state index in [1.165, 1.54) is 11.3 Å². The molecule has 8 heteroatoms. The Morgan fingerprint density at radius 2 is 2.18 bits per heavy atom. The predicted molar refractivity (Wildman–Crippen MR) is 62.7 cm³/mol. The molecule has 0 unspecified atom stereocenters. The molecule has 0 bridgehead atoms. The van der Waals surface area contributed by atoms with Crippen molar-refractivity contribution in [3.05, 3.63) is 29.3 Å². The average molecular weight is 277 g/mol. The highest BCUT2D eigenvalue weighted by atomic mass is 32.1. The van der Waals surface area contributed by atoms with Gasteiger partial charge in [-0.3, -0.25) is 0 Å². The number of nitrogens with two attached hydrogens (primary N) is 1. The lowest BCUT2D eigenvalue weighted by molar-refractivity contribution is -0.141. The molecule has 2 aromatic heterocycles. The van der Waals surface area contributed by atoms with E-state index in [-0.39, 0.29) is 10.8 Å². The van der Waals surface area contributed by atoms with Gasteiger partial charge in [0.05, 0.1) is 10.6 Å². The maximum absolute atomic E-state index is 12.5. The van der Waals surface area contributed by atoms with Crippen molar-refractivity contribution >= 4 is 28.7 Å². The Bertz CT molecular complexity index is 542. The zero-order chi connectivity index (χ0) is 12.6. The Balaban J connectivity index is 2.58. The summed E-state index contributed by atoms with van der Waals surface area (Å²) >= 11 is 5.96. The second-order valence-corrected chi connectivity index (χ2v) is 4.51. The van der Waals surface area contributed by atoms with Crippen LogP contribution in [-0.4, -0.2) is 14.9 Å². The van der Waals surface area contributed by atoms with E-state index in [9.17, 15) is 13.2 Å². The van der Waals surface area contributed by atoms with Gasteiger partial charge in [0, 0.05) is 0 Å². The van der Waals surface area contributed by atoms with E-state index in [1.807, 2.05) is 0 Å². The standard InChI is InChI=1S/C9H6F3N3S2/c10-9(11,12)7-4-5(6-2-1-3-17-6)15(14-7)8(13)16/h1-4H,(H2,13,16). The zero-order valence-corrected chi connectivity index (χ0v) is 9.86. The van der Waals surface area contributed by atoms with Gasteiger partial charge >= 0.3 is 6.18 Å². The van der Waals surface area contributed by atoms with Crippen molar-refractivity contribution in [2.24, 2.45) is 5.73 Å². The molecule has 2 aromatic rings. The molecule has 0 saturated carbocycles. The number of nitrogens with zero attached hydrogens (tertiary/aromatic N) is 2. The van der Waals surface area contributed by atoms with E-state index in [4.69, 9.17) is 5.73 Å². The number of hydrogen-bond acceptors (Lipinski definition) is 3. The predicted octanol–water partition coefficient (Wildman–Crippen LogP) is 2.72.